The summed E-state index contributed by atoms with van der Waals surface area (Å²) in [5.41, 5.74) is 1.98. The van der Waals surface area contributed by atoms with Gasteiger partial charge >= 0.3 is 0 Å². The van der Waals surface area contributed by atoms with E-state index in [1.54, 1.807) is 11.9 Å². The SMILES string of the molecule is C=CC(C/C=C\CC)CNCCCCC.C=CC1SC(C(=O)N(C)Cc2nc3ccccc3n2C)=C(Cl)C1/C=C\C.CC. The van der Waals surface area contributed by atoms with Crippen molar-refractivity contribution in [1.29, 1.82) is 0 Å². The van der Waals surface area contributed by atoms with Crippen molar-refractivity contribution in [3.63, 3.8) is 0 Å². The molecule has 2 aromatic rings. The van der Waals surface area contributed by atoms with Gasteiger partial charge in [-0.3, -0.25) is 4.79 Å². The number of benzene rings is 1. The van der Waals surface area contributed by atoms with Gasteiger partial charge in [-0.1, -0.05) is 101 Å². The molecule has 3 unspecified atom stereocenters. The highest BCUT2D eigenvalue weighted by Crippen LogP contribution is 2.46. The number of nitrogens with one attached hydrogen (secondary N) is 1. The van der Waals surface area contributed by atoms with E-state index in [2.05, 4.69) is 55.5 Å². The van der Waals surface area contributed by atoms with Crippen molar-refractivity contribution in [2.75, 3.05) is 20.1 Å². The van der Waals surface area contributed by atoms with Crippen LogP contribution in [0.15, 0.2) is 83.8 Å². The van der Waals surface area contributed by atoms with E-state index in [1.165, 1.54) is 31.0 Å². The molecular formula is C36H55ClN4OS. The van der Waals surface area contributed by atoms with Crippen molar-refractivity contribution in [1.82, 2.24) is 19.8 Å². The van der Waals surface area contributed by atoms with Crippen LogP contribution in [-0.2, 0) is 18.4 Å². The molecule has 1 amide bonds. The molecule has 7 heteroatoms. The Hall–Kier alpha value is -2.54. The highest BCUT2D eigenvalue weighted by Gasteiger charge is 2.35. The lowest BCUT2D eigenvalue weighted by atomic mass is 10.0. The summed E-state index contributed by atoms with van der Waals surface area (Å²) in [6.07, 6.45) is 18.6. The third kappa shape index (κ3) is 12.2. The zero-order valence-corrected chi connectivity index (χ0v) is 29.2. The summed E-state index contributed by atoms with van der Waals surface area (Å²) in [4.78, 5) is 19.9. The van der Waals surface area contributed by atoms with Crippen molar-refractivity contribution < 1.29 is 4.79 Å². The van der Waals surface area contributed by atoms with Crippen LogP contribution in [0.5, 0.6) is 0 Å². The Morgan fingerprint density at radius 2 is 1.93 bits per heavy atom. The van der Waals surface area contributed by atoms with Gasteiger partial charge in [0, 0.05) is 36.8 Å². The Bertz CT molecular complexity index is 1220. The molecule has 1 aromatic carbocycles. The van der Waals surface area contributed by atoms with E-state index in [9.17, 15) is 4.79 Å². The minimum atomic E-state index is -0.0779. The first-order chi connectivity index (χ1) is 20.8. The lowest BCUT2D eigenvalue weighted by Crippen LogP contribution is -2.28. The van der Waals surface area contributed by atoms with Crippen LogP contribution in [0.2, 0.25) is 0 Å². The molecule has 0 saturated carbocycles. The van der Waals surface area contributed by atoms with Crippen LogP contribution in [0.25, 0.3) is 11.0 Å². The van der Waals surface area contributed by atoms with Gasteiger partial charge in [-0.05, 0) is 50.8 Å². The number of carbonyl (C=O) groups is 1. The smallest absolute Gasteiger partial charge is 0.261 e. The molecule has 0 saturated heterocycles. The molecule has 43 heavy (non-hydrogen) atoms. The number of likely N-dealkylation sites (N-methyl/N-ethyl adjacent to an activating group) is 1. The van der Waals surface area contributed by atoms with Crippen molar-refractivity contribution in [3.05, 3.63) is 89.6 Å². The first-order valence-electron chi connectivity index (χ1n) is 15.8. The van der Waals surface area contributed by atoms with Gasteiger partial charge in [0.25, 0.3) is 5.91 Å². The normalized spacial score (nSPS) is 17.0. The highest BCUT2D eigenvalue weighted by atomic mass is 35.5. The Morgan fingerprint density at radius 3 is 2.53 bits per heavy atom. The predicted octanol–water partition coefficient (Wildman–Crippen LogP) is 9.43. The maximum Gasteiger partial charge on any atom is 0.261 e. The molecule has 3 rings (SSSR count). The van der Waals surface area contributed by atoms with E-state index in [0.29, 0.717) is 22.4 Å². The number of para-hydroxylation sites is 2. The fourth-order valence-corrected chi connectivity index (χ4v) is 6.34. The van der Waals surface area contributed by atoms with Gasteiger partial charge < -0.3 is 14.8 Å². The molecule has 0 bridgehead atoms. The maximum absolute atomic E-state index is 13.0. The number of halogens is 1. The standard InChI is InChI=1S/C20H22ClN3OS.C14H27N.C2H6/c1-5-9-13-16(6-2)26-19(18(13)21)20(25)23(3)12-17-22-14-10-7-8-11-15(14)24(17)4;1-4-7-9-11-14(6-3)13-15-12-10-8-5-2;1-2/h5-11,13,16H,2,12H2,1,3-4H3;6-7,9,14-15H,3-5,8,10-13H2,1-2H3;1-2H3/b9-5-;9-7-;. The quantitative estimate of drug-likeness (QED) is 0.158. The number of fused-ring (bicyclic) bond motifs is 1. The number of thioether (sulfide) groups is 1. The average Bonchev–Trinajstić information content (AvgIpc) is 3.52. The molecule has 1 aliphatic rings. The van der Waals surface area contributed by atoms with Crippen LogP contribution in [-0.4, -0.2) is 45.7 Å². The number of carbonyl (C=O) groups excluding carboxylic acids is 1. The van der Waals surface area contributed by atoms with Crippen LogP contribution < -0.4 is 5.32 Å². The monoisotopic (exact) mass is 626 g/mol. The molecule has 2 heterocycles. The van der Waals surface area contributed by atoms with Gasteiger partial charge in [0.05, 0.1) is 22.5 Å². The molecule has 238 valence electrons. The molecule has 1 N–H and O–H groups in total. The second kappa shape index (κ2) is 22.0. The van der Waals surface area contributed by atoms with Crippen LogP contribution in [0.3, 0.4) is 0 Å². The van der Waals surface area contributed by atoms with Crippen LogP contribution in [0, 0.1) is 11.8 Å². The molecule has 0 spiro atoms. The second-order valence-electron chi connectivity index (χ2n) is 10.3. The van der Waals surface area contributed by atoms with E-state index in [4.69, 9.17) is 11.6 Å². The third-order valence-electron chi connectivity index (χ3n) is 7.09. The fraction of sp³-hybridized carbons (Fsp3) is 0.500. The number of nitrogens with zero attached hydrogens (tertiary/aromatic N) is 3. The number of aromatic nitrogens is 2. The Kier molecular flexibility index (Phi) is 19.7. The van der Waals surface area contributed by atoms with Crippen LogP contribution >= 0.6 is 23.4 Å². The van der Waals surface area contributed by atoms with Crippen molar-refractivity contribution in [2.45, 2.75) is 78.5 Å². The number of unbranched alkanes of at least 4 members (excludes halogenated alkanes) is 2. The van der Waals surface area contributed by atoms with Crippen molar-refractivity contribution >= 4 is 40.3 Å². The summed E-state index contributed by atoms with van der Waals surface area (Å²) in [6.45, 7) is 20.8. The third-order valence-corrected chi connectivity index (χ3v) is 9.03. The van der Waals surface area contributed by atoms with Gasteiger partial charge in [-0.15, -0.1) is 24.9 Å². The van der Waals surface area contributed by atoms with Crippen molar-refractivity contribution in [2.24, 2.45) is 18.9 Å². The maximum atomic E-state index is 13.0. The zero-order valence-electron chi connectivity index (χ0n) is 27.6. The number of hydrogen-bond donors (Lipinski definition) is 1. The van der Waals surface area contributed by atoms with Crippen molar-refractivity contribution in [3.8, 4) is 0 Å². The van der Waals surface area contributed by atoms with Gasteiger partial charge in [0.2, 0.25) is 0 Å². The average molecular weight is 627 g/mol. The molecule has 0 radical (unpaired) electrons. The summed E-state index contributed by atoms with van der Waals surface area (Å²) in [5, 5.41) is 4.18. The molecular weight excluding hydrogens is 572 g/mol. The number of rotatable bonds is 15. The number of amides is 1. The number of imidazole rings is 1. The number of aryl methyl sites for hydroxylation is 1. The number of hydrogen-bond acceptors (Lipinski definition) is 4. The summed E-state index contributed by atoms with van der Waals surface area (Å²) in [7, 11) is 3.75. The van der Waals surface area contributed by atoms with Gasteiger partial charge in [0.15, 0.2) is 0 Å². The Labute approximate surface area is 271 Å². The van der Waals surface area contributed by atoms with Crippen LogP contribution in [0.1, 0.15) is 72.5 Å². The molecule has 0 aliphatic carbocycles. The Balaban J connectivity index is 0.000000467. The first-order valence-corrected chi connectivity index (χ1v) is 17.0. The molecule has 1 aliphatic heterocycles. The lowest BCUT2D eigenvalue weighted by molar-refractivity contribution is -0.125. The lowest BCUT2D eigenvalue weighted by Gasteiger charge is -2.17. The van der Waals surface area contributed by atoms with E-state index in [0.717, 1.165) is 42.8 Å². The summed E-state index contributed by atoms with van der Waals surface area (Å²) in [6, 6.07) is 7.95. The van der Waals surface area contributed by atoms with E-state index in [-0.39, 0.29) is 17.1 Å². The molecule has 5 nitrogen and oxygen atoms in total. The molecule has 3 atom stereocenters. The van der Waals surface area contributed by atoms with Crippen LogP contribution in [0.4, 0.5) is 0 Å². The number of allylic oxidation sites excluding steroid dienone is 5. The highest BCUT2D eigenvalue weighted by molar-refractivity contribution is 8.05. The summed E-state index contributed by atoms with van der Waals surface area (Å²) >= 11 is 8.01. The van der Waals surface area contributed by atoms with Gasteiger partial charge in [-0.25, -0.2) is 4.98 Å². The van der Waals surface area contributed by atoms with Gasteiger partial charge in [0.1, 0.15) is 5.82 Å². The molecule has 1 aromatic heterocycles. The van der Waals surface area contributed by atoms with E-state index >= 15 is 0 Å². The summed E-state index contributed by atoms with van der Waals surface area (Å²) < 4.78 is 2.02. The van der Waals surface area contributed by atoms with E-state index < -0.39 is 0 Å². The summed E-state index contributed by atoms with van der Waals surface area (Å²) in [5.74, 6) is 1.36. The second-order valence-corrected chi connectivity index (χ2v) is 11.9. The largest absolute Gasteiger partial charge is 0.334 e. The molecule has 0 fully saturated rings. The predicted molar refractivity (Wildman–Crippen MR) is 191 cm³/mol. The minimum absolute atomic E-state index is 0.00673. The minimum Gasteiger partial charge on any atom is -0.334 e. The topological polar surface area (TPSA) is 50.2 Å². The fourth-order valence-electron chi connectivity index (χ4n) is 4.59. The Morgan fingerprint density at radius 1 is 1.21 bits per heavy atom. The zero-order chi connectivity index (χ0) is 32.2. The van der Waals surface area contributed by atoms with E-state index in [1.807, 2.05) is 74.9 Å². The first kappa shape index (κ1) is 38.5. The van der Waals surface area contributed by atoms with Gasteiger partial charge in [-0.2, -0.15) is 0 Å².